The number of carbonyl (C=O) groups is 1. The van der Waals surface area contributed by atoms with Crippen molar-refractivity contribution >= 4 is 19.2 Å². The third-order valence-corrected chi connectivity index (χ3v) is 2.14. The van der Waals surface area contributed by atoms with Crippen LogP contribution in [0.3, 0.4) is 0 Å². The summed E-state index contributed by atoms with van der Waals surface area (Å²) in [4.78, 5) is 15.7. The molecule has 0 aliphatic carbocycles. The average molecular weight is 175 g/mol. The Morgan fingerprint density at radius 3 is 2.69 bits per heavy atom. The molecule has 0 aromatic rings. The molecule has 0 atom stereocenters. The molecule has 0 saturated heterocycles. The summed E-state index contributed by atoms with van der Waals surface area (Å²) in [5.74, 6) is 0.159. The predicted octanol–water partition coefficient (Wildman–Crippen LogP) is 1.99. The SMILES string of the molecule is [B]C1=NC(CC)=C(CCC)C(=O)C1. The van der Waals surface area contributed by atoms with E-state index in [0.717, 1.165) is 30.5 Å². The summed E-state index contributed by atoms with van der Waals surface area (Å²) in [5, 5.41) is 0. The lowest BCUT2D eigenvalue weighted by Crippen LogP contribution is -2.17. The monoisotopic (exact) mass is 175 g/mol. The van der Waals surface area contributed by atoms with Gasteiger partial charge in [0, 0.05) is 17.7 Å². The van der Waals surface area contributed by atoms with Crippen LogP contribution in [0.1, 0.15) is 39.5 Å². The minimum atomic E-state index is 0.159. The predicted molar refractivity (Wildman–Crippen MR) is 55.0 cm³/mol. The van der Waals surface area contributed by atoms with Crippen LogP contribution in [0.4, 0.5) is 0 Å². The number of rotatable bonds is 3. The molecule has 1 aliphatic heterocycles. The van der Waals surface area contributed by atoms with E-state index in [1.54, 1.807) is 0 Å². The standard InChI is InChI=1S/C10H14BNO/c1-3-5-7-8(4-2)12-10(11)6-9(7)13/h3-6H2,1-2H3. The number of ketones is 1. The summed E-state index contributed by atoms with van der Waals surface area (Å²) in [6.45, 7) is 4.07. The van der Waals surface area contributed by atoms with Gasteiger partial charge in [-0.2, -0.15) is 0 Å². The van der Waals surface area contributed by atoms with Gasteiger partial charge < -0.3 is 0 Å². The highest BCUT2D eigenvalue weighted by Gasteiger charge is 2.18. The molecule has 3 heteroatoms. The molecule has 68 valence electrons. The van der Waals surface area contributed by atoms with Crippen molar-refractivity contribution in [1.82, 2.24) is 0 Å². The van der Waals surface area contributed by atoms with Crippen LogP contribution in [0.2, 0.25) is 0 Å². The van der Waals surface area contributed by atoms with Crippen LogP contribution < -0.4 is 0 Å². The van der Waals surface area contributed by atoms with Crippen LogP contribution in [0.25, 0.3) is 0 Å². The maximum atomic E-state index is 11.5. The maximum absolute atomic E-state index is 11.5. The summed E-state index contributed by atoms with van der Waals surface area (Å²) in [6, 6.07) is 0. The van der Waals surface area contributed by atoms with Gasteiger partial charge in [0.15, 0.2) is 5.78 Å². The molecular formula is C10H14BNO. The van der Waals surface area contributed by atoms with Crippen LogP contribution in [0, 0.1) is 0 Å². The smallest absolute Gasteiger partial charge is 0.165 e. The molecular weight excluding hydrogens is 161 g/mol. The Kier molecular flexibility index (Phi) is 3.46. The number of hydrogen-bond donors (Lipinski definition) is 0. The molecule has 0 spiro atoms. The van der Waals surface area contributed by atoms with Gasteiger partial charge in [-0.15, -0.1) is 0 Å². The lowest BCUT2D eigenvalue weighted by Gasteiger charge is -2.15. The van der Waals surface area contributed by atoms with Crippen molar-refractivity contribution in [1.29, 1.82) is 0 Å². The van der Waals surface area contributed by atoms with E-state index >= 15 is 0 Å². The third-order valence-electron chi connectivity index (χ3n) is 2.14. The summed E-state index contributed by atoms with van der Waals surface area (Å²) < 4.78 is 0. The van der Waals surface area contributed by atoms with E-state index < -0.39 is 0 Å². The van der Waals surface area contributed by atoms with Gasteiger partial charge in [-0.05, 0) is 18.5 Å². The van der Waals surface area contributed by atoms with Crippen molar-refractivity contribution in [3.63, 3.8) is 0 Å². The Morgan fingerprint density at radius 1 is 1.46 bits per heavy atom. The van der Waals surface area contributed by atoms with Crippen molar-refractivity contribution in [2.24, 2.45) is 4.99 Å². The number of hydrogen-bond acceptors (Lipinski definition) is 2. The van der Waals surface area contributed by atoms with Crippen LogP contribution >= 0.6 is 0 Å². The highest BCUT2D eigenvalue weighted by Crippen LogP contribution is 2.22. The second kappa shape index (κ2) is 4.40. The highest BCUT2D eigenvalue weighted by molar-refractivity contribution is 6.62. The van der Waals surface area contributed by atoms with Gasteiger partial charge in [-0.3, -0.25) is 9.79 Å². The lowest BCUT2D eigenvalue weighted by atomic mass is 9.88. The molecule has 13 heavy (non-hydrogen) atoms. The van der Waals surface area contributed by atoms with Gasteiger partial charge >= 0.3 is 0 Å². The third kappa shape index (κ3) is 2.30. The molecule has 0 aromatic carbocycles. The molecule has 0 aromatic heterocycles. The van der Waals surface area contributed by atoms with E-state index in [1.165, 1.54) is 0 Å². The molecule has 0 saturated carbocycles. The normalized spacial score (nSPS) is 17.7. The molecule has 0 N–H and O–H groups in total. The molecule has 2 radical (unpaired) electrons. The van der Waals surface area contributed by atoms with Crippen LogP contribution in [-0.4, -0.2) is 19.2 Å². The van der Waals surface area contributed by atoms with E-state index in [2.05, 4.69) is 11.9 Å². The second-order valence-electron chi connectivity index (χ2n) is 3.23. The Morgan fingerprint density at radius 2 is 2.15 bits per heavy atom. The fraction of sp³-hybridized carbons (Fsp3) is 0.600. The van der Waals surface area contributed by atoms with Crippen LogP contribution in [0.5, 0.6) is 0 Å². The summed E-state index contributed by atoms with van der Waals surface area (Å²) in [5.41, 5.74) is 2.23. The topological polar surface area (TPSA) is 29.4 Å². The zero-order valence-corrected chi connectivity index (χ0v) is 8.26. The van der Waals surface area contributed by atoms with Gasteiger partial charge in [0.25, 0.3) is 0 Å². The van der Waals surface area contributed by atoms with Gasteiger partial charge in [0.2, 0.25) is 0 Å². The fourth-order valence-electron chi connectivity index (χ4n) is 1.54. The zero-order valence-electron chi connectivity index (χ0n) is 8.26. The van der Waals surface area contributed by atoms with Crippen molar-refractivity contribution in [3.05, 3.63) is 11.3 Å². The van der Waals surface area contributed by atoms with Gasteiger partial charge in [0.1, 0.15) is 7.85 Å². The zero-order chi connectivity index (χ0) is 9.84. The molecule has 1 aliphatic rings. The van der Waals surface area contributed by atoms with Crippen molar-refractivity contribution in [2.45, 2.75) is 39.5 Å². The first-order valence-electron chi connectivity index (χ1n) is 4.77. The molecule has 0 fully saturated rings. The minimum Gasteiger partial charge on any atom is -0.294 e. The van der Waals surface area contributed by atoms with E-state index in [4.69, 9.17) is 7.85 Å². The van der Waals surface area contributed by atoms with Gasteiger partial charge in [-0.1, -0.05) is 20.3 Å². The number of carbonyl (C=O) groups excluding carboxylic acids is 1. The summed E-state index contributed by atoms with van der Waals surface area (Å²) in [6.07, 6.45) is 2.92. The molecule has 0 bridgehead atoms. The Hall–Kier alpha value is -0.855. The fourth-order valence-corrected chi connectivity index (χ4v) is 1.54. The number of nitrogens with zero attached hydrogens (tertiary/aromatic N) is 1. The first-order chi connectivity index (χ1) is 6.19. The second-order valence-corrected chi connectivity index (χ2v) is 3.23. The molecule has 0 amide bonds. The Balaban J connectivity index is 2.97. The van der Waals surface area contributed by atoms with E-state index in [0.29, 0.717) is 12.0 Å². The first-order valence-corrected chi connectivity index (χ1v) is 4.77. The average Bonchev–Trinajstić information content (AvgIpc) is 2.09. The Labute approximate surface area is 80.5 Å². The maximum Gasteiger partial charge on any atom is 0.165 e. The van der Waals surface area contributed by atoms with E-state index in [9.17, 15) is 4.79 Å². The van der Waals surface area contributed by atoms with E-state index in [1.807, 2.05) is 6.92 Å². The highest BCUT2D eigenvalue weighted by atomic mass is 16.1. The number of allylic oxidation sites excluding steroid dienone is 2. The summed E-state index contributed by atoms with van der Waals surface area (Å²) >= 11 is 0. The van der Waals surface area contributed by atoms with Crippen LogP contribution in [-0.2, 0) is 4.79 Å². The van der Waals surface area contributed by atoms with Crippen molar-refractivity contribution in [2.75, 3.05) is 0 Å². The number of Topliss-reactive ketones (excluding diaryl/α,β-unsaturated/α-hetero) is 1. The van der Waals surface area contributed by atoms with Crippen molar-refractivity contribution in [3.8, 4) is 0 Å². The molecule has 0 unspecified atom stereocenters. The number of aliphatic imine (C=N–C) groups is 1. The van der Waals surface area contributed by atoms with Crippen molar-refractivity contribution < 1.29 is 4.79 Å². The van der Waals surface area contributed by atoms with E-state index in [-0.39, 0.29) is 5.78 Å². The lowest BCUT2D eigenvalue weighted by molar-refractivity contribution is -0.114. The molecule has 1 heterocycles. The summed E-state index contributed by atoms with van der Waals surface area (Å²) in [7, 11) is 5.54. The minimum absolute atomic E-state index is 0.159. The first kappa shape index (κ1) is 10.2. The quantitative estimate of drug-likeness (QED) is 0.603. The van der Waals surface area contributed by atoms with Gasteiger partial charge in [0.05, 0.1) is 0 Å². The molecule has 1 rings (SSSR count). The Bertz CT molecular complexity index is 279. The largest absolute Gasteiger partial charge is 0.294 e. The molecule has 2 nitrogen and oxygen atoms in total. The van der Waals surface area contributed by atoms with Gasteiger partial charge in [-0.25, -0.2) is 0 Å². The van der Waals surface area contributed by atoms with Crippen LogP contribution in [0.15, 0.2) is 16.3 Å².